The second-order valence-corrected chi connectivity index (χ2v) is 4.79. The Balaban J connectivity index is 2.30. The van der Waals surface area contributed by atoms with Crippen molar-refractivity contribution in [1.82, 2.24) is 4.57 Å². The number of ketones is 1. The minimum absolute atomic E-state index is 0.304. The van der Waals surface area contributed by atoms with Crippen LogP contribution >= 0.6 is 0 Å². The Morgan fingerprint density at radius 3 is 2.64 bits per heavy atom. The number of carboxylic acids is 1. The number of carbonyl (C=O) groups is 2. The van der Waals surface area contributed by atoms with E-state index in [1.54, 1.807) is 35.9 Å². The molecular weight excluding hydrogens is 289 g/mol. The van der Waals surface area contributed by atoms with Crippen molar-refractivity contribution < 1.29 is 24.2 Å². The molecule has 5 nitrogen and oxygen atoms in total. The maximum absolute atomic E-state index is 13.1. The van der Waals surface area contributed by atoms with Crippen LogP contribution < -0.4 is 0 Å². The third-order valence-electron chi connectivity index (χ3n) is 3.22. The molecule has 1 heterocycles. The van der Waals surface area contributed by atoms with Gasteiger partial charge in [0.25, 0.3) is 5.78 Å². The molecule has 0 aliphatic heterocycles. The standard InChI is InChI=1S/C16H14FNO4/c1-10-7-12(17)5-4-11(10)9-18-6-2-3-13(18)14(19)8-15(20)16(21)22/h2-8,19H,9H2,1H3,(H,21,22). The highest BCUT2D eigenvalue weighted by molar-refractivity contribution is 6.38. The summed E-state index contributed by atoms with van der Waals surface area (Å²) in [6.45, 7) is 2.12. The van der Waals surface area contributed by atoms with Gasteiger partial charge in [0.15, 0.2) is 0 Å². The number of rotatable bonds is 5. The maximum Gasteiger partial charge on any atom is 0.376 e. The number of aryl methyl sites for hydroxylation is 1. The van der Waals surface area contributed by atoms with Crippen LogP contribution in [0.5, 0.6) is 0 Å². The lowest BCUT2D eigenvalue weighted by Gasteiger charge is -2.11. The lowest BCUT2D eigenvalue weighted by Crippen LogP contribution is -2.11. The van der Waals surface area contributed by atoms with Gasteiger partial charge in [-0.15, -0.1) is 0 Å². The first-order chi connectivity index (χ1) is 10.4. The van der Waals surface area contributed by atoms with E-state index in [9.17, 15) is 19.1 Å². The van der Waals surface area contributed by atoms with Crippen LogP contribution in [0.1, 0.15) is 16.8 Å². The molecule has 0 radical (unpaired) electrons. The largest absolute Gasteiger partial charge is 0.506 e. The van der Waals surface area contributed by atoms with E-state index in [2.05, 4.69) is 0 Å². The molecule has 0 atom stereocenters. The molecule has 0 fully saturated rings. The number of aliphatic carboxylic acids is 1. The van der Waals surface area contributed by atoms with Gasteiger partial charge < -0.3 is 14.8 Å². The summed E-state index contributed by atoms with van der Waals surface area (Å²) >= 11 is 0. The average Bonchev–Trinajstić information content (AvgIpc) is 2.90. The number of nitrogens with zero attached hydrogens (tertiary/aromatic N) is 1. The van der Waals surface area contributed by atoms with Crippen LogP contribution in [-0.2, 0) is 16.1 Å². The van der Waals surface area contributed by atoms with E-state index < -0.39 is 17.5 Å². The molecule has 22 heavy (non-hydrogen) atoms. The molecule has 1 aromatic carbocycles. The molecule has 0 saturated carbocycles. The zero-order valence-corrected chi connectivity index (χ0v) is 11.8. The molecule has 0 aliphatic rings. The topological polar surface area (TPSA) is 79.5 Å². The Morgan fingerprint density at radius 1 is 1.27 bits per heavy atom. The van der Waals surface area contributed by atoms with E-state index in [-0.39, 0.29) is 5.82 Å². The summed E-state index contributed by atoms with van der Waals surface area (Å²) in [7, 11) is 0. The zero-order chi connectivity index (χ0) is 16.3. The van der Waals surface area contributed by atoms with Gasteiger partial charge >= 0.3 is 5.97 Å². The summed E-state index contributed by atoms with van der Waals surface area (Å²) in [4.78, 5) is 21.6. The average molecular weight is 303 g/mol. The van der Waals surface area contributed by atoms with Crippen LogP contribution in [0.3, 0.4) is 0 Å². The number of hydrogen-bond donors (Lipinski definition) is 2. The fourth-order valence-corrected chi connectivity index (χ4v) is 2.06. The molecule has 2 N–H and O–H groups in total. The van der Waals surface area contributed by atoms with Crippen LogP contribution in [0.4, 0.5) is 4.39 Å². The van der Waals surface area contributed by atoms with Crippen LogP contribution in [0, 0.1) is 12.7 Å². The van der Waals surface area contributed by atoms with Crippen LogP contribution in [-0.4, -0.2) is 26.5 Å². The first kappa shape index (κ1) is 15.5. The number of hydrogen-bond acceptors (Lipinski definition) is 3. The summed E-state index contributed by atoms with van der Waals surface area (Å²) in [5.74, 6) is -3.61. The molecule has 0 unspecified atom stereocenters. The summed E-state index contributed by atoms with van der Waals surface area (Å²) in [6, 6.07) is 7.60. The van der Waals surface area contributed by atoms with Gasteiger partial charge in [0.05, 0.1) is 5.69 Å². The third-order valence-corrected chi connectivity index (χ3v) is 3.22. The number of aliphatic hydroxyl groups is 1. The highest BCUT2D eigenvalue weighted by atomic mass is 19.1. The molecule has 2 rings (SSSR count). The zero-order valence-electron chi connectivity index (χ0n) is 11.8. The predicted octanol–water partition coefficient (Wildman–Crippen LogP) is 2.54. The first-order valence-electron chi connectivity index (χ1n) is 6.47. The van der Waals surface area contributed by atoms with Crippen molar-refractivity contribution in [2.75, 3.05) is 0 Å². The highest BCUT2D eigenvalue weighted by Gasteiger charge is 2.13. The second-order valence-electron chi connectivity index (χ2n) is 4.79. The number of benzene rings is 1. The fraction of sp³-hybridized carbons (Fsp3) is 0.125. The Hall–Kier alpha value is -2.89. The van der Waals surface area contributed by atoms with E-state index in [0.29, 0.717) is 18.3 Å². The van der Waals surface area contributed by atoms with E-state index in [4.69, 9.17) is 5.11 Å². The van der Waals surface area contributed by atoms with Gasteiger partial charge in [0, 0.05) is 18.8 Å². The summed E-state index contributed by atoms with van der Waals surface area (Å²) in [5, 5.41) is 18.4. The Kier molecular flexibility index (Phi) is 4.41. The van der Waals surface area contributed by atoms with Gasteiger partial charge in [-0.25, -0.2) is 9.18 Å². The van der Waals surface area contributed by atoms with Crippen molar-refractivity contribution in [3.8, 4) is 0 Å². The van der Waals surface area contributed by atoms with Crippen molar-refractivity contribution in [2.24, 2.45) is 0 Å². The number of halogens is 1. The highest BCUT2D eigenvalue weighted by Crippen LogP contribution is 2.17. The number of carbonyl (C=O) groups excluding carboxylic acids is 1. The van der Waals surface area contributed by atoms with Gasteiger partial charge in [0.2, 0.25) is 0 Å². The number of carboxylic acid groups (broad SMARTS) is 1. The molecule has 0 spiro atoms. The maximum atomic E-state index is 13.1. The van der Waals surface area contributed by atoms with E-state index in [1.165, 1.54) is 12.1 Å². The predicted molar refractivity (Wildman–Crippen MR) is 77.9 cm³/mol. The second kappa shape index (κ2) is 6.26. The van der Waals surface area contributed by atoms with Gasteiger partial charge in [-0.2, -0.15) is 0 Å². The van der Waals surface area contributed by atoms with Crippen LogP contribution in [0.15, 0.2) is 42.6 Å². The summed E-state index contributed by atoms with van der Waals surface area (Å²) in [6.07, 6.45) is 2.33. The molecule has 1 aromatic heterocycles. The summed E-state index contributed by atoms with van der Waals surface area (Å²) < 4.78 is 14.7. The lowest BCUT2D eigenvalue weighted by molar-refractivity contribution is -0.146. The minimum Gasteiger partial charge on any atom is -0.506 e. The smallest absolute Gasteiger partial charge is 0.376 e. The van der Waals surface area contributed by atoms with Gasteiger partial charge in [0.1, 0.15) is 11.6 Å². The molecule has 0 bridgehead atoms. The molecule has 114 valence electrons. The van der Waals surface area contributed by atoms with Crippen molar-refractivity contribution >= 4 is 17.5 Å². The monoisotopic (exact) mass is 303 g/mol. The summed E-state index contributed by atoms with van der Waals surface area (Å²) in [5.41, 5.74) is 1.90. The minimum atomic E-state index is -1.64. The van der Waals surface area contributed by atoms with Crippen LogP contribution in [0.25, 0.3) is 5.76 Å². The van der Waals surface area contributed by atoms with Gasteiger partial charge in [-0.05, 0) is 42.3 Å². The Bertz CT molecular complexity index is 761. The first-order valence-corrected chi connectivity index (χ1v) is 6.47. The lowest BCUT2D eigenvalue weighted by atomic mass is 10.1. The Labute approximate surface area is 125 Å². The molecule has 0 amide bonds. The van der Waals surface area contributed by atoms with Crippen molar-refractivity contribution in [2.45, 2.75) is 13.5 Å². The molecule has 0 aliphatic carbocycles. The van der Waals surface area contributed by atoms with E-state index in [0.717, 1.165) is 11.1 Å². The normalized spacial score (nSPS) is 11.5. The van der Waals surface area contributed by atoms with E-state index in [1.807, 2.05) is 0 Å². The number of aromatic nitrogens is 1. The molecule has 0 saturated heterocycles. The fourth-order valence-electron chi connectivity index (χ4n) is 2.06. The van der Waals surface area contributed by atoms with Crippen LogP contribution in [0.2, 0.25) is 0 Å². The SMILES string of the molecule is Cc1cc(F)ccc1Cn1cccc1C(O)=CC(=O)C(=O)O. The quantitative estimate of drug-likeness (QED) is 0.505. The third kappa shape index (κ3) is 3.41. The van der Waals surface area contributed by atoms with Gasteiger partial charge in [-0.3, -0.25) is 4.79 Å². The molecule has 2 aromatic rings. The Morgan fingerprint density at radius 2 is 2.00 bits per heavy atom. The number of aliphatic hydroxyl groups excluding tert-OH is 1. The molecular formula is C16H14FNO4. The van der Waals surface area contributed by atoms with E-state index >= 15 is 0 Å². The molecule has 6 heteroatoms. The van der Waals surface area contributed by atoms with Crippen molar-refractivity contribution in [3.05, 3.63) is 65.2 Å². The van der Waals surface area contributed by atoms with Crippen molar-refractivity contribution in [1.29, 1.82) is 0 Å². The van der Waals surface area contributed by atoms with Gasteiger partial charge in [-0.1, -0.05) is 6.07 Å². The van der Waals surface area contributed by atoms with Crippen molar-refractivity contribution in [3.63, 3.8) is 0 Å².